The molecule has 0 bridgehead atoms. The molecule has 0 spiro atoms. The number of Topliss-reactive ketones (excluding diaryl/α,β-unsaturated/α-hetero) is 1. The third-order valence-corrected chi connectivity index (χ3v) is 2.44. The van der Waals surface area contributed by atoms with E-state index in [0.717, 1.165) is 0 Å². The number of carbonyl (C=O) groups excluding carboxylic acids is 1. The molecule has 4 heteroatoms. The zero-order valence-corrected chi connectivity index (χ0v) is 8.32. The summed E-state index contributed by atoms with van der Waals surface area (Å²) in [4.78, 5) is 23.1. The van der Waals surface area contributed by atoms with Crippen LogP contribution in [0.15, 0.2) is 15.5 Å². The lowest BCUT2D eigenvalue weighted by molar-refractivity contribution is -0.117. The molecule has 2 rings (SSSR count). The molecule has 78 valence electrons. The zero-order chi connectivity index (χ0) is 11.0. The first-order valence-electron chi connectivity index (χ1n) is 4.68. The molecule has 1 unspecified atom stereocenters. The maximum atomic E-state index is 11.7. The summed E-state index contributed by atoms with van der Waals surface area (Å²) >= 11 is 0. The minimum Gasteiger partial charge on any atom is -0.464 e. The van der Waals surface area contributed by atoms with Crippen LogP contribution in [0.25, 0.3) is 12.2 Å². The molecule has 1 heterocycles. The Labute approximate surface area is 85.7 Å². The first kappa shape index (κ1) is 9.86. The molecule has 0 fully saturated rings. The summed E-state index contributed by atoms with van der Waals surface area (Å²) in [5.41, 5.74) is 6.43. The van der Waals surface area contributed by atoms with Gasteiger partial charge in [-0.1, -0.05) is 0 Å². The van der Waals surface area contributed by atoms with E-state index >= 15 is 0 Å². The molecule has 1 aliphatic rings. The quantitative estimate of drug-likeness (QED) is 0.578. The maximum absolute atomic E-state index is 11.7. The Hall–Kier alpha value is -1.68. The molecule has 0 saturated heterocycles. The van der Waals surface area contributed by atoms with Gasteiger partial charge in [-0.3, -0.25) is 9.59 Å². The predicted octanol–water partition coefficient (Wildman–Crippen LogP) is -1.19. The van der Waals surface area contributed by atoms with Gasteiger partial charge in [0.1, 0.15) is 5.42 Å². The van der Waals surface area contributed by atoms with Crippen molar-refractivity contribution < 1.29 is 9.21 Å². The molecule has 0 aliphatic heterocycles. The molecule has 1 atom stereocenters. The normalized spacial score (nSPS) is 19.9. The van der Waals surface area contributed by atoms with E-state index in [9.17, 15) is 9.59 Å². The van der Waals surface area contributed by atoms with Gasteiger partial charge in [-0.2, -0.15) is 0 Å². The van der Waals surface area contributed by atoms with Crippen molar-refractivity contribution in [2.45, 2.75) is 19.4 Å². The van der Waals surface area contributed by atoms with E-state index in [4.69, 9.17) is 10.2 Å². The van der Waals surface area contributed by atoms with Crippen molar-refractivity contribution in [1.82, 2.24) is 0 Å². The molecule has 0 radical (unpaired) electrons. The Morgan fingerprint density at radius 2 is 2.20 bits per heavy atom. The van der Waals surface area contributed by atoms with Crippen LogP contribution in [0.3, 0.4) is 0 Å². The lowest BCUT2D eigenvalue weighted by atomic mass is 10.1. The summed E-state index contributed by atoms with van der Waals surface area (Å²) in [6.45, 7) is 1.66. The van der Waals surface area contributed by atoms with Gasteiger partial charge in [0.2, 0.25) is 0 Å². The minimum absolute atomic E-state index is 0.113. The van der Waals surface area contributed by atoms with Crippen LogP contribution < -0.4 is 21.8 Å². The molecule has 4 nitrogen and oxygen atoms in total. The van der Waals surface area contributed by atoms with Gasteiger partial charge >= 0.3 is 0 Å². The van der Waals surface area contributed by atoms with Gasteiger partial charge in [0.15, 0.2) is 11.2 Å². The van der Waals surface area contributed by atoms with E-state index < -0.39 is 6.04 Å². The topological polar surface area (TPSA) is 73.3 Å². The first-order chi connectivity index (χ1) is 7.09. The van der Waals surface area contributed by atoms with Gasteiger partial charge in [0.05, 0.1) is 17.5 Å². The zero-order valence-electron chi connectivity index (χ0n) is 8.32. The Kier molecular flexibility index (Phi) is 2.28. The van der Waals surface area contributed by atoms with Crippen LogP contribution in [0.2, 0.25) is 0 Å². The van der Waals surface area contributed by atoms with Gasteiger partial charge in [-0.05, 0) is 19.1 Å². The van der Waals surface area contributed by atoms with Gasteiger partial charge in [-0.25, -0.2) is 0 Å². The average molecular weight is 205 g/mol. The molecule has 15 heavy (non-hydrogen) atoms. The second-order valence-corrected chi connectivity index (χ2v) is 3.59. The number of rotatable bonds is 0. The van der Waals surface area contributed by atoms with Gasteiger partial charge < -0.3 is 10.2 Å². The van der Waals surface area contributed by atoms with Gasteiger partial charge in [0, 0.05) is 12.0 Å². The predicted molar refractivity (Wildman–Crippen MR) is 55.5 cm³/mol. The fraction of sp³-hybridized carbons (Fsp3) is 0.273. The highest BCUT2D eigenvalue weighted by molar-refractivity contribution is 5.93. The number of hydrogen-bond acceptors (Lipinski definition) is 4. The van der Waals surface area contributed by atoms with Gasteiger partial charge in [-0.15, -0.1) is 0 Å². The maximum Gasteiger partial charge on any atom is 0.195 e. The van der Waals surface area contributed by atoms with Crippen LogP contribution in [-0.2, 0) is 4.79 Å². The van der Waals surface area contributed by atoms with Crippen LogP contribution in [0.5, 0.6) is 0 Å². The average Bonchev–Trinajstić information content (AvgIpc) is 2.35. The van der Waals surface area contributed by atoms with Crippen molar-refractivity contribution in [2.75, 3.05) is 0 Å². The summed E-state index contributed by atoms with van der Waals surface area (Å²) in [6, 6.07) is -0.716. The Balaban J connectivity index is 2.87. The summed E-state index contributed by atoms with van der Waals surface area (Å²) in [7, 11) is 0. The SMILES string of the molecule is Cc1coc2c(c1=O)=CC(N)C(=O)CC=2. The van der Waals surface area contributed by atoms with Crippen LogP contribution in [0.1, 0.15) is 12.0 Å². The summed E-state index contributed by atoms with van der Waals surface area (Å²) < 4.78 is 5.24. The van der Waals surface area contributed by atoms with Crippen molar-refractivity contribution in [2.24, 2.45) is 5.73 Å². The fourth-order valence-electron chi connectivity index (χ4n) is 1.51. The van der Waals surface area contributed by atoms with E-state index in [-0.39, 0.29) is 17.6 Å². The van der Waals surface area contributed by atoms with Crippen molar-refractivity contribution in [3.05, 3.63) is 32.7 Å². The molecular formula is C11H11NO3. The smallest absolute Gasteiger partial charge is 0.195 e. The number of ketones is 1. The highest BCUT2D eigenvalue weighted by Gasteiger charge is 2.13. The van der Waals surface area contributed by atoms with E-state index in [1.165, 1.54) is 12.3 Å². The third-order valence-electron chi connectivity index (χ3n) is 2.44. The lowest BCUT2D eigenvalue weighted by Gasteiger charge is -1.99. The van der Waals surface area contributed by atoms with Gasteiger partial charge in [0.25, 0.3) is 0 Å². The molecule has 0 amide bonds. The number of nitrogens with two attached hydrogens (primary N) is 1. The Bertz CT molecular complexity index is 583. The molecule has 1 aromatic rings. The van der Waals surface area contributed by atoms with E-state index in [0.29, 0.717) is 16.2 Å². The molecule has 1 aliphatic carbocycles. The van der Waals surface area contributed by atoms with Crippen molar-refractivity contribution >= 4 is 17.9 Å². The minimum atomic E-state index is -0.716. The van der Waals surface area contributed by atoms with E-state index in [1.807, 2.05) is 0 Å². The summed E-state index contributed by atoms with van der Waals surface area (Å²) in [6.07, 6.45) is 4.67. The van der Waals surface area contributed by atoms with Crippen LogP contribution >= 0.6 is 0 Å². The summed E-state index contributed by atoms with van der Waals surface area (Å²) in [5.74, 6) is -0.113. The van der Waals surface area contributed by atoms with E-state index in [2.05, 4.69) is 0 Å². The number of carbonyl (C=O) groups is 1. The number of fused-ring (bicyclic) bond motifs is 1. The highest BCUT2D eigenvalue weighted by atomic mass is 16.3. The first-order valence-corrected chi connectivity index (χ1v) is 4.68. The molecule has 0 saturated carbocycles. The largest absolute Gasteiger partial charge is 0.464 e. The Morgan fingerprint density at radius 1 is 1.47 bits per heavy atom. The third kappa shape index (κ3) is 1.64. The molecular weight excluding hydrogens is 194 g/mol. The van der Waals surface area contributed by atoms with Crippen LogP contribution in [0.4, 0.5) is 0 Å². The van der Waals surface area contributed by atoms with E-state index in [1.54, 1.807) is 13.0 Å². The second kappa shape index (κ2) is 3.47. The van der Waals surface area contributed by atoms with Crippen molar-refractivity contribution in [3.63, 3.8) is 0 Å². The molecule has 1 aromatic heterocycles. The molecule has 2 N–H and O–H groups in total. The van der Waals surface area contributed by atoms with Crippen molar-refractivity contribution in [1.29, 1.82) is 0 Å². The van der Waals surface area contributed by atoms with Crippen LogP contribution in [-0.4, -0.2) is 11.8 Å². The van der Waals surface area contributed by atoms with Crippen molar-refractivity contribution in [3.8, 4) is 0 Å². The number of hydrogen-bond donors (Lipinski definition) is 1. The van der Waals surface area contributed by atoms with Crippen LogP contribution in [0, 0.1) is 6.92 Å². The monoisotopic (exact) mass is 205 g/mol. The number of aryl methyl sites for hydroxylation is 1. The fourth-order valence-corrected chi connectivity index (χ4v) is 1.51. The second-order valence-electron chi connectivity index (χ2n) is 3.59. The standard InChI is InChI=1S/C11H11NO3/c1-6-5-15-10-3-2-9(13)8(12)4-7(10)11(6)14/h3-5,8H,2,12H2,1H3. The molecule has 0 aromatic carbocycles. The lowest BCUT2D eigenvalue weighted by Crippen LogP contribution is -2.41. The summed E-state index contributed by atoms with van der Waals surface area (Å²) in [5, 5.41) is 0.397. The highest BCUT2D eigenvalue weighted by Crippen LogP contribution is 1.94. The Morgan fingerprint density at radius 3 is 2.93 bits per heavy atom.